The maximum absolute atomic E-state index is 9.76. The molecule has 8 heteroatoms. The number of hydrogen-bond acceptors (Lipinski definition) is 7. The van der Waals surface area contributed by atoms with Gasteiger partial charge >= 0.3 is 0 Å². The molecule has 170 valence electrons. The van der Waals surface area contributed by atoms with Crippen LogP contribution in [0.1, 0.15) is 43.6 Å². The summed E-state index contributed by atoms with van der Waals surface area (Å²) in [5.74, 6) is 6.33. The lowest BCUT2D eigenvalue weighted by atomic mass is 10.1. The van der Waals surface area contributed by atoms with Gasteiger partial charge in [-0.2, -0.15) is 14.6 Å². The molecule has 7 nitrogen and oxygen atoms in total. The number of nitrogens with one attached hydrogen (secondary N) is 1. The SMILES string of the molecule is CC(C)c1cnn2c(NCc3ccc(-c4cccs4)cc3)nc(C#CC(CO)[C@@H](C)O)nc12. The Labute approximate surface area is 197 Å². The van der Waals surface area contributed by atoms with E-state index < -0.39 is 12.0 Å². The highest BCUT2D eigenvalue weighted by atomic mass is 32.1. The molecule has 0 saturated carbocycles. The van der Waals surface area contributed by atoms with Gasteiger partial charge in [0.2, 0.25) is 11.8 Å². The lowest BCUT2D eigenvalue weighted by Crippen LogP contribution is -2.18. The van der Waals surface area contributed by atoms with Crippen molar-refractivity contribution < 1.29 is 10.2 Å². The Hall–Kier alpha value is -3.25. The third-order valence-electron chi connectivity index (χ3n) is 5.38. The molecule has 33 heavy (non-hydrogen) atoms. The van der Waals surface area contributed by atoms with Crippen molar-refractivity contribution in [3.8, 4) is 22.3 Å². The zero-order chi connectivity index (χ0) is 23.4. The van der Waals surface area contributed by atoms with Gasteiger partial charge in [-0.3, -0.25) is 0 Å². The Morgan fingerprint density at radius 1 is 1.12 bits per heavy atom. The van der Waals surface area contributed by atoms with Gasteiger partial charge < -0.3 is 15.5 Å². The summed E-state index contributed by atoms with van der Waals surface area (Å²) < 4.78 is 1.69. The number of hydrogen-bond donors (Lipinski definition) is 3. The Bertz CT molecular complexity index is 1270. The second-order valence-electron chi connectivity index (χ2n) is 8.19. The number of nitrogens with zero attached hydrogens (tertiary/aromatic N) is 4. The Balaban J connectivity index is 1.62. The minimum atomic E-state index is -0.748. The topological polar surface area (TPSA) is 95.6 Å². The van der Waals surface area contributed by atoms with Crippen LogP contribution in [0.2, 0.25) is 0 Å². The normalized spacial score (nSPS) is 13.0. The standard InChI is InChI=1S/C25H27N5O2S/c1-16(2)21-14-27-30-24(21)28-23(11-10-20(15-31)17(3)32)29-25(30)26-13-18-6-8-19(9-7-18)22-5-4-12-33-22/h4-9,12,14,16-17,20,31-32H,13,15H2,1-3H3,(H,26,28,29)/t17-,20?/m1/s1. The average Bonchev–Trinajstić information content (AvgIpc) is 3.48. The van der Waals surface area contributed by atoms with Crippen LogP contribution in [0.3, 0.4) is 0 Å². The summed E-state index contributed by atoms with van der Waals surface area (Å²) >= 11 is 1.72. The average molecular weight is 462 g/mol. The largest absolute Gasteiger partial charge is 0.395 e. The molecule has 0 spiro atoms. The number of aliphatic hydroxyl groups excluding tert-OH is 2. The van der Waals surface area contributed by atoms with E-state index in [9.17, 15) is 10.2 Å². The van der Waals surface area contributed by atoms with Crippen LogP contribution in [-0.2, 0) is 6.54 Å². The highest BCUT2D eigenvalue weighted by molar-refractivity contribution is 7.13. The first-order valence-corrected chi connectivity index (χ1v) is 11.8. The Morgan fingerprint density at radius 2 is 1.91 bits per heavy atom. The van der Waals surface area contributed by atoms with Crippen molar-refractivity contribution in [2.45, 2.75) is 39.3 Å². The maximum atomic E-state index is 9.76. The summed E-state index contributed by atoms with van der Waals surface area (Å²) in [7, 11) is 0. The smallest absolute Gasteiger partial charge is 0.228 e. The fourth-order valence-electron chi connectivity index (χ4n) is 3.36. The quantitative estimate of drug-likeness (QED) is 0.361. The summed E-state index contributed by atoms with van der Waals surface area (Å²) in [6, 6.07) is 12.6. The van der Waals surface area contributed by atoms with E-state index in [2.05, 4.69) is 87.9 Å². The second-order valence-corrected chi connectivity index (χ2v) is 9.14. The number of aliphatic hydroxyl groups is 2. The molecule has 4 rings (SSSR count). The van der Waals surface area contributed by atoms with E-state index in [1.54, 1.807) is 29.0 Å². The third-order valence-corrected chi connectivity index (χ3v) is 6.29. The minimum absolute atomic E-state index is 0.233. The van der Waals surface area contributed by atoms with Gasteiger partial charge in [-0.15, -0.1) is 11.3 Å². The molecule has 0 radical (unpaired) electrons. The zero-order valence-electron chi connectivity index (χ0n) is 18.9. The molecule has 0 bridgehead atoms. The van der Waals surface area contributed by atoms with Gasteiger partial charge in [-0.25, -0.2) is 4.98 Å². The molecule has 1 unspecified atom stereocenters. The van der Waals surface area contributed by atoms with Crippen molar-refractivity contribution >= 4 is 22.9 Å². The van der Waals surface area contributed by atoms with Crippen LogP contribution in [0.5, 0.6) is 0 Å². The van der Waals surface area contributed by atoms with Gasteiger partial charge in [0, 0.05) is 17.0 Å². The van der Waals surface area contributed by atoms with Crippen LogP contribution in [-0.4, -0.2) is 42.5 Å². The van der Waals surface area contributed by atoms with Crippen molar-refractivity contribution in [1.82, 2.24) is 19.6 Å². The summed E-state index contributed by atoms with van der Waals surface area (Å²) in [5.41, 5.74) is 4.00. The fourth-order valence-corrected chi connectivity index (χ4v) is 4.09. The van der Waals surface area contributed by atoms with Gasteiger partial charge in [0.15, 0.2) is 5.65 Å². The van der Waals surface area contributed by atoms with E-state index in [0.717, 1.165) is 11.1 Å². The fraction of sp³-hybridized carbons (Fsp3) is 0.320. The molecule has 0 aliphatic rings. The molecule has 2 atom stereocenters. The highest BCUT2D eigenvalue weighted by Crippen LogP contribution is 2.25. The molecule has 0 aliphatic carbocycles. The summed E-state index contributed by atoms with van der Waals surface area (Å²) in [4.78, 5) is 10.4. The van der Waals surface area contributed by atoms with Crippen LogP contribution in [0.25, 0.3) is 16.1 Å². The number of thiophene rings is 1. The number of fused-ring (bicyclic) bond motifs is 1. The Morgan fingerprint density at radius 3 is 2.55 bits per heavy atom. The van der Waals surface area contributed by atoms with Crippen LogP contribution < -0.4 is 5.32 Å². The van der Waals surface area contributed by atoms with Gasteiger partial charge in [-0.05, 0) is 41.3 Å². The van der Waals surface area contributed by atoms with E-state index in [4.69, 9.17) is 0 Å². The van der Waals surface area contributed by atoms with Gasteiger partial charge in [0.1, 0.15) is 0 Å². The van der Waals surface area contributed by atoms with E-state index in [0.29, 0.717) is 24.0 Å². The van der Waals surface area contributed by atoms with Crippen molar-refractivity contribution in [2.24, 2.45) is 5.92 Å². The molecule has 0 amide bonds. The second kappa shape index (κ2) is 10.1. The van der Waals surface area contributed by atoms with Gasteiger partial charge in [-0.1, -0.05) is 50.1 Å². The predicted molar refractivity (Wildman–Crippen MR) is 131 cm³/mol. The van der Waals surface area contributed by atoms with Crippen molar-refractivity contribution in [3.05, 3.63) is 64.9 Å². The van der Waals surface area contributed by atoms with Gasteiger partial charge in [0.25, 0.3) is 0 Å². The summed E-state index contributed by atoms with van der Waals surface area (Å²) in [6.07, 6.45) is 1.06. The maximum Gasteiger partial charge on any atom is 0.228 e. The van der Waals surface area contributed by atoms with Gasteiger partial charge in [0.05, 0.1) is 24.8 Å². The molecule has 1 aromatic carbocycles. The molecular formula is C25H27N5O2S. The lowest BCUT2D eigenvalue weighted by molar-refractivity contribution is 0.111. The molecule has 0 saturated heterocycles. The predicted octanol–water partition coefficient (Wildman–Crippen LogP) is 3.93. The van der Waals surface area contributed by atoms with Crippen molar-refractivity contribution in [2.75, 3.05) is 11.9 Å². The molecule has 3 heterocycles. The monoisotopic (exact) mass is 461 g/mol. The number of benzene rings is 1. The third kappa shape index (κ3) is 5.22. The molecular weight excluding hydrogens is 434 g/mol. The molecule has 3 N–H and O–H groups in total. The van der Waals surface area contributed by atoms with Crippen LogP contribution in [0, 0.1) is 17.8 Å². The molecule has 0 fully saturated rings. The van der Waals surface area contributed by atoms with E-state index in [-0.39, 0.29) is 12.5 Å². The van der Waals surface area contributed by atoms with Crippen LogP contribution in [0.15, 0.2) is 48.0 Å². The molecule has 0 aliphatic heterocycles. The van der Waals surface area contributed by atoms with Crippen molar-refractivity contribution in [1.29, 1.82) is 0 Å². The van der Waals surface area contributed by atoms with E-state index in [1.807, 2.05) is 0 Å². The minimum Gasteiger partial charge on any atom is -0.395 e. The highest BCUT2D eigenvalue weighted by Gasteiger charge is 2.15. The Kier molecular flexibility index (Phi) is 7.04. The van der Waals surface area contributed by atoms with Crippen LogP contribution >= 0.6 is 11.3 Å². The first-order chi connectivity index (χ1) is 16.0. The zero-order valence-corrected chi connectivity index (χ0v) is 19.7. The number of rotatable bonds is 7. The number of aromatic nitrogens is 4. The molecule has 3 aromatic heterocycles. The summed E-state index contributed by atoms with van der Waals surface area (Å²) in [6.45, 7) is 6.10. The lowest BCUT2D eigenvalue weighted by Gasteiger charge is -2.10. The van der Waals surface area contributed by atoms with E-state index >= 15 is 0 Å². The molecule has 4 aromatic rings. The first-order valence-electron chi connectivity index (χ1n) is 10.9. The van der Waals surface area contributed by atoms with Crippen molar-refractivity contribution in [3.63, 3.8) is 0 Å². The number of anilines is 1. The summed E-state index contributed by atoms with van der Waals surface area (Å²) in [5, 5.41) is 29.1. The van der Waals surface area contributed by atoms with Crippen LogP contribution in [0.4, 0.5) is 5.95 Å². The first kappa shape index (κ1) is 22.9. The van der Waals surface area contributed by atoms with E-state index in [1.165, 1.54) is 10.4 Å².